The molecule has 0 amide bonds. The Morgan fingerprint density at radius 1 is 1.05 bits per heavy atom. The Balaban J connectivity index is 2.38. The summed E-state index contributed by atoms with van der Waals surface area (Å²) in [6.45, 7) is 1.83. The van der Waals surface area contributed by atoms with Gasteiger partial charge in [-0.2, -0.15) is 0 Å². The van der Waals surface area contributed by atoms with Crippen molar-refractivity contribution in [3.63, 3.8) is 0 Å². The molecule has 1 aromatic heterocycles. The van der Waals surface area contributed by atoms with Crippen molar-refractivity contribution >= 4 is 28.2 Å². The van der Waals surface area contributed by atoms with Gasteiger partial charge in [-0.3, -0.25) is 0 Å². The summed E-state index contributed by atoms with van der Waals surface area (Å²) in [6.07, 6.45) is 0. The van der Waals surface area contributed by atoms with E-state index in [-0.39, 0.29) is 10.8 Å². The van der Waals surface area contributed by atoms with Crippen LogP contribution in [0.4, 0.5) is 14.5 Å². The van der Waals surface area contributed by atoms with E-state index in [1.54, 1.807) is 16.7 Å². The number of nitrogens with two attached hydrogens (primary N) is 1. The van der Waals surface area contributed by atoms with Crippen LogP contribution in [0.2, 0.25) is 5.02 Å². The number of halogens is 3. The normalized spacial score (nSPS) is 11.2. The number of hydrogen-bond donors (Lipinski definition) is 1. The van der Waals surface area contributed by atoms with Crippen LogP contribution in [0.1, 0.15) is 5.69 Å². The van der Waals surface area contributed by atoms with Gasteiger partial charge in [0.25, 0.3) is 0 Å². The molecule has 0 saturated heterocycles. The fourth-order valence-electron chi connectivity index (χ4n) is 2.38. The fraction of sp³-hybridized carbons (Fsp3) is 0.0667. The van der Waals surface area contributed by atoms with Crippen LogP contribution in [-0.2, 0) is 0 Å². The highest BCUT2D eigenvalue weighted by Gasteiger charge is 2.14. The third kappa shape index (κ3) is 1.84. The van der Waals surface area contributed by atoms with Gasteiger partial charge in [-0.25, -0.2) is 8.78 Å². The molecule has 3 aromatic rings. The van der Waals surface area contributed by atoms with Gasteiger partial charge in [0.05, 0.1) is 10.5 Å². The zero-order valence-corrected chi connectivity index (χ0v) is 11.4. The van der Waals surface area contributed by atoms with Gasteiger partial charge >= 0.3 is 0 Å². The summed E-state index contributed by atoms with van der Waals surface area (Å²) in [7, 11) is 0. The number of aromatic nitrogens is 1. The monoisotopic (exact) mass is 292 g/mol. The van der Waals surface area contributed by atoms with E-state index >= 15 is 0 Å². The molecule has 0 saturated carbocycles. The highest BCUT2D eigenvalue weighted by atomic mass is 35.5. The van der Waals surface area contributed by atoms with E-state index < -0.39 is 5.82 Å². The van der Waals surface area contributed by atoms with Gasteiger partial charge in [-0.15, -0.1) is 0 Å². The first-order valence-electron chi connectivity index (χ1n) is 6.00. The molecule has 3 rings (SSSR count). The predicted molar refractivity (Wildman–Crippen MR) is 77.4 cm³/mol. The number of rotatable bonds is 1. The van der Waals surface area contributed by atoms with E-state index in [2.05, 4.69) is 0 Å². The lowest BCUT2D eigenvalue weighted by molar-refractivity contribution is 0.627. The molecule has 102 valence electrons. The lowest BCUT2D eigenvalue weighted by Crippen LogP contribution is -1.99. The van der Waals surface area contributed by atoms with E-state index in [1.807, 2.05) is 6.92 Å². The van der Waals surface area contributed by atoms with Crippen molar-refractivity contribution in [2.45, 2.75) is 6.92 Å². The second-order valence-corrected chi connectivity index (χ2v) is 5.03. The predicted octanol–water partition coefficient (Wildman–Crippen LogP) is 4.45. The standard InChI is InChI=1S/C15H11ClF2N2/c1-8-6-10-14(19)5-4-13(18)15(10)20(8)9-2-3-12(17)11(16)7-9/h2-7H,19H2,1H3. The van der Waals surface area contributed by atoms with Crippen molar-refractivity contribution in [1.82, 2.24) is 4.57 Å². The summed E-state index contributed by atoms with van der Waals surface area (Å²) in [6, 6.07) is 8.91. The quantitative estimate of drug-likeness (QED) is 0.660. The Hall–Kier alpha value is -2.07. The maximum atomic E-state index is 14.1. The van der Waals surface area contributed by atoms with Crippen molar-refractivity contribution in [3.8, 4) is 5.69 Å². The van der Waals surface area contributed by atoms with Crippen LogP contribution in [0.25, 0.3) is 16.6 Å². The Morgan fingerprint density at radius 2 is 1.75 bits per heavy atom. The summed E-state index contributed by atoms with van der Waals surface area (Å²) >= 11 is 5.80. The smallest absolute Gasteiger partial charge is 0.147 e. The number of nitrogen functional groups attached to an aromatic ring is 1. The van der Waals surface area contributed by atoms with Crippen LogP contribution in [0.3, 0.4) is 0 Å². The molecule has 0 aliphatic carbocycles. The molecule has 0 aliphatic heterocycles. The molecule has 1 heterocycles. The summed E-state index contributed by atoms with van der Waals surface area (Å²) in [4.78, 5) is 0. The van der Waals surface area contributed by atoms with E-state index in [0.717, 1.165) is 5.69 Å². The zero-order valence-electron chi connectivity index (χ0n) is 10.6. The van der Waals surface area contributed by atoms with Crippen LogP contribution in [-0.4, -0.2) is 4.57 Å². The zero-order chi connectivity index (χ0) is 14.4. The Labute approximate surface area is 119 Å². The Bertz CT molecular complexity index is 824. The highest BCUT2D eigenvalue weighted by Crippen LogP contribution is 2.31. The molecule has 0 bridgehead atoms. The van der Waals surface area contributed by atoms with Crippen molar-refractivity contribution in [2.24, 2.45) is 0 Å². The maximum absolute atomic E-state index is 14.1. The number of anilines is 1. The van der Waals surface area contributed by atoms with Crippen LogP contribution in [0.5, 0.6) is 0 Å². The number of benzene rings is 2. The SMILES string of the molecule is Cc1cc2c(N)ccc(F)c2n1-c1ccc(F)c(Cl)c1. The van der Waals surface area contributed by atoms with Crippen molar-refractivity contribution in [3.05, 3.63) is 58.7 Å². The molecule has 2 nitrogen and oxygen atoms in total. The molecule has 0 radical (unpaired) electrons. The Morgan fingerprint density at radius 3 is 2.45 bits per heavy atom. The minimum atomic E-state index is -0.510. The molecular weight excluding hydrogens is 282 g/mol. The van der Waals surface area contributed by atoms with Crippen LogP contribution < -0.4 is 5.73 Å². The molecule has 0 aliphatic rings. The second-order valence-electron chi connectivity index (χ2n) is 4.62. The molecule has 5 heteroatoms. The fourth-order valence-corrected chi connectivity index (χ4v) is 2.56. The lowest BCUT2D eigenvalue weighted by Gasteiger charge is -2.10. The van der Waals surface area contributed by atoms with Gasteiger partial charge in [0.1, 0.15) is 11.6 Å². The van der Waals surface area contributed by atoms with Crippen molar-refractivity contribution in [2.75, 3.05) is 5.73 Å². The van der Waals surface area contributed by atoms with Gasteiger partial charge in [0.2, 0.25) is 0 Å². The summed E-state index contributed by atoms with van der Waals surface area (Å²) in [5.74, 6) is -0.896. The van der Waals surface area contributed by atoms with E-state index in [1.165, 1.54) is 24.3 Å². The molecule has 0 spiro atoms. The van der Waals surface area contributed by atoms with Crippen LogP contribution >= 0.6 is 11.6 Å². The number of fused-ring (bicyclic) bond motifs is 1. The van der Waals surface area contributed by atoms with E-state index in [4.69, 9.17) is 17.3 Å². The van der Waals surface area contributed by atoms with Gasteiger partial charge < -0.3 is 10.3 Å². The summed E-state index contributed by atoms with van der Waals surface area (Å²) < 4.78 is 29.1. The largest absolute Gasteiger partial charge is 0.398 e. The summed E-state index contributed by atoms with van der Waals surface area (Å²) in [5, 5.41) is 0.621. The van der Waals surface area contributed by atoms with Gasteiger partial charge in [0, 0.05) is 22.5 Å². The molecule has 0 fully saturated rings. The maximum Gasteiger partial charge on any atom is 0.147 e. The first kappa shape index (κ1) is 12.9. The Kier molecular flexibility index (Phi) is 2.91. The molecule has 0 unspecified atom stereocenters. The van der Waals surface area contributed by atoms with Crippen LogP contribution in [0.15, 0.2) is 36.4 Å². The van der Waals surface area contributed by atoms with Gasteiger partial charge in [0.15, 0.2) is 0 Å². The van der Waals surface area contributed by atoms with Crippen LogP contribution in [0, 0.1) is 18.6 Å². The minimum Gasteiger partial charge on any atom is -0.398 e. The third-order valence-corrected chi connectivity index (χ3v) is 3.58. The van der Waals surface area contributed by atoms with Gasteiger partial charge in [-0.1, -0.05) is 11.6 Å². The lowest BCUT2D eigenvalue weighted by atomic mass is 10.2. The average molecular weight is 293 g/mol. The van der Waals surface area contributed by atoms with Gasteiger partial charge in [-0.05, 0) is 43.3 Å². The number of hydrogen-bond acceptors (Lipinski definition) is 1. The molecular formula is C15H11ClF2N2. The van der Waals surface area contributed by atoms with E-state index in [9.17, 15) is 8.78 Å². The molecule has 2 aromatic carbocycles. The van der Waals surface area contributed by atoms with Crippen molar-refractivity contribution < 1.29 is 8.78 Å². The molecule has 0 atom stereocenters. The molecule has 2 N–H and O–H groups in total. The molecule has 20 heavy (non-hydrogen) atoms. The topological polar surface area (TPSA) is 30.9 Å². The first-order chi connectivity index (χ1) is 9.49. The van der Waals surface area contributed by atoms with E-state index in [0.29, 0.717) is 22.3 Å². The number of nitrogens with zero attached hydrogens (tertiary/aromatic N) is 1. The minimum absolute atomic E-state index is 0.00642. The average Bonchev–Trinajstić information content (AvgIpc) is 2.76. The van der Waals surface area contributed by atoms with Crippen molar-refractivity contribution in [1.29, 1.82) is 0 Å². The summed E-state index contributed by atoms with van der Waals surface area (Å²) in [5.41, 5.74) is 8.12. The first-order valence-corrected chi connectivity index (χ1v) is 6.38. The highest BCUT2D eigenvalue weighted by molar-refractivity contribution is 6.30. The number of aryl methyl sites for hydroxylation is 1. The second kappa shape index (κ2) is 4.49. The third-order valence-electron chi connectivity index (χ3n) is 3.29.